The van der Waals surface area contributed by atoms with Crippen LogP contribution >= 0.6 is 11.8 Å². The van der Waals surface area contributed by atoms with E-state index >= 15 is 0 Å². The first-order chi connectivity index (χ1) is 7.64. The Labute approximate surface area is 104 Å². The Kier molecular flexibility index (Phi) is 6.51. The monoisotopic (exact) mass is 262 g/mol. The minimum Gasteiger partial charge on any atom is -0.224 e. The van der Waals surface area contributed by atoms with Crippen LogP contribution in [0.1, 0.15) is 45.4 Å². The Hall–Kier alpha value is 0.0400. The average molecular weight is 262 g/mol. The van der Waals surface area contributed by atoms with Gasteiger partial charge in [-0.25, -0.2) is 8.42 Å². The van der Waals surface area contributed by atoms with Gasteiger partial charge in [0.15, 0.2) is 9.84 Å². The van der Waals surface area contributed by atoms with Crippen molar-refractivity contribution in [3.8, 4) is 0 Å². The summed E-state index contributed by atoms with van der Waals surface area (Å²) in [6.45, 7) is 2.22. The minimum absolute atomic E-state index is 0.209. The maximum Gasteiger partial charge on any atom is 0.172 e. The summed E-state index contributed by atoms with van der Waals surface area (Å²) in [5.74, 6) is 1.41. The van der Waals surface area contributed by atoms with Crippen molar-refractivity contribution in [3.63, 3.8) is 0 Å². The molecule has 1 atom stereocenters. The second-order valence-electron chi connectivity index (χ2n) is 4.34. The standard InChI is InChI=1S/C12H22O2S2/c1-2-3-4-5-6-7-9-15-12-8-10-16(13,14)11-12/h8,10,12H,2-7,9,11H2,1H3. The van der Waals surface area contributed by atoms with Gasteiger partial charge in [0, 0.05) is 10.7 Å². The second-order valence-corrected chi connectivity index (χ2v) is 7.61. The molecule has 0 aromatic rings. The van der Waals surface area contributed by atoms with E-state index in [1.807, 2.05) is 6.08 Å². The molecule has 0 amide bonds. The van der Waals surface area contributed by atoms with Gasteiger partial charge in [0.2, 0.25) is 0 Å². The van der Waals surface area contributed by atoms with Gasteiger partial charge < -0.3 is 0 Å². The zero-order chi connectivity index (χ0) is 11.9. The molecule has 0 N–H and O–H groups in total. The van der Waals surface area contributed by atoms with Gasteiger partial charge in [-0.3, -0.25) is 0 Å². The van der Waals surface area contributed by atoms with E-state index in [4.69, 9.17) is 0 Å². The average Bonchev–Trinajstić information content (AvgIpc) is 2.57. The summed E-state index contributed by atoms with van der Waals surface area (Å²) in [5, 5.41) is 1.58. The summed E-state index contributed by atoms with van der Waals surface area (Å²) in [6, 6.07) is 0. The SMILES string of the molecule is CCCCCCCCSC1C=CS(=O)(=O)C1. The molecule has 4 heteroatoms. The van der Waals surface area contributed by atoms with E-state index in [2.05, 4.69) is 6.92 Å². The van der Waals surface area contributed by atoms with Gasteiger partial charge in [0.05, 0.1) is 5.75 Å². The maximum atomic E-state index is 11.1. The second kappa shape index (κ2) is 7.38. The molecule has 0 radical (unpaired) electrons. The predicted octanol–water partition coefficient (Wildman–Crippen LogP) is 3.39. The molecular formula is C12H22O2S2. The summed E-state index contributed by atoms with van der Waals surface area (Å²) in [5.41, 5.74) is 0. The lowest BCUT2D eigenvalue weighted by atomic mass is 10.1. The van der Waals surface area contributed by atoms with Crippen molar-refractivity contribution in [1.29, 1.82) is 0 Å². The van der Waals surface area contributed by atoms with E-state index in [1.54, 1.807) is 11.8 Å². The molecule has 0 aromatic heterocycles. The van der Waals surface area contributed by atoms with E-state index in [0.717, 1.165) is 5.75 Å². The van der Waals surface area contributed by atoms with Crippen LogP contribution in [0.25, 0.3) is 0 Å². The lowest BCUT2D eigenvalue weighted by Gasteiger charge is -2.06. The summed E-state index contributed by atoms with van der Waals surface area (Å²) in [6.07, 6.45) is 9.65. The molecule has 1 aliphatic rings. The first-order valence-corrected chi connectivity index (χ1v) is 8.93. The molecule has 0 aromatic carbocycles. The summed E-state index contributed by atoms with van der Waals surface area (Å²) in [7, 11) is -2.85. The maximum absolute atomic E-state index is 11.1. The van der Waals surface area contributed by atoms with Crippen LogP contribution in [0.3, 0.4) is 0 Å². The highest BCUT2D eigenvalue weighted by molar-refractivity contribution is 8.02. The highest BCUT2D eigenvalue weighted by Gasteiger charge is 2.21. The molecule has 0 saturated carbocycles. The van der Waals surface area contributed by atoms with Gasteiger partial charge in [-0.05, 0) is 12.2 Å². The van der Waals surface area contributed by atoms with Crippen molar-refractivity contribution in [2.45, 2.75) is 50.7 Å². The third-order valence-electron chi connectivity index (χ3n) is 2.73. The van der Waals surface area contributed by atoms with Crippen LogP contribution in [0.4, 0.5) is 0 Å². The van der Waals surface area contributed by atoms with Gasteiger partial charge in [-0.15, -0.1) is 0 Å². The fraction of sp³-hybridized carbons (Fsp3) is 0.833. The van der Waals surface area contributed by atoms with Gasteiger partial charge in [-0.1, -0.05) is 45.1 Å². The number of sulfone groups is 1. The van der Waals surface area contributed by atoms with Crippen molar-refractivity contribution in [1.82, 2.24) is 0 Å². The van der Waals surface area contributed by atoms with Crippen LogP contribution in [0.5, 0.6) is 0 Å². The zero-order valence-corrected chi connectivity index (χ0v) is 11.7. The lowest BCUT2D eigenvalue weighted by Crippen LogP contribution is -2.07. The molecule has 16 heavy (non-hydrogen) atoms. The molecule has 0 spiro atoms. The molecule has 1 unspecified atom stereocenters. The first-order valence-electron chi connectivity index (χ1n) is 6.16. The highest BCUT2D eigenvalue weighted by Crippen LogP contribution is 2.22. The van der Waals surface area contributed by atoms with Crippen molar-refractivity contribution in [2.24, 2.45) is 0 Å². The first kappa shape index (κ1) is 14.1. The smallest absolute Gasteiger partial charge is 0.172 e. The molecule has 2 nitrogen and oxygen atoms in total. The number of rotatable bonds is 8. The molecule has 1 rings (SSSR count). The van der Waals surface area contributed by atoms with Crippen molar-refractivity contribution in [3.05, 3.63) is 11.5 Å². The zero-order valence-electron chi connectivity index (χ0n) is 10.0. The van der Waals surface area contributed by atoms with Gasteiger partial charge in [0.25, 0.3) is 0 Å². The summed E-state index contributed by atoms with van der Waals surface area (Å²) >= 11 is 1.78. The molecule has 0 bridgehead atoms. The quantitative estimate of drug-likeness (QED) is 0.629. The molecule has 0 saturated heterocycles. The Bertz CT molecular complexity index is 307. The van der Waals surface area contributed by atoms with E-state index < -0.39 is 9.84 Å². The topological polar surface area (TPSA) is 34.1 Å². The Morgan fingerprint density at radius 2 is 1.88 bits per heavy atom. The van der Waals surface area contributed by atoms with Gasteiger partial charge in [-0.2, -0.15) is 11.8 Å². The Balaban J connectivity index is 1.95. The molecule has 1 heterocycles. The normalized spacial score (nSPS) is 22.7. The van der Waals surface area contributed by atoms with Crippen molar-refractivity contribution < 1.29 is 8.42 Å². The lowest BCUT2D eigenvalue weighted by molar-refractivity contribution is 0.606. The third-order valence-corrected chi connectivity index (χ3v) is 5.61. The van der Waals surface area contributed by atoms with E-state index in [0.29, 0.717) is 5.75 Å². The highest BCUT2D eigenvalue weighted by atomic mass is 32.2. The number of hydrogen-bond donors (Lipinski definition) is 0. The molecule has 1 aliphatic heterocycles. The number of thioether (sulfide) groups is 1. The van der Waals surface area contributed by atoms with Crippen LogP contribution < -0.4 is 0 Å². The largest absolute Gasteiger partial charge is 0.224 e. The molecule has 94 valence electrons. The van der Waals surface area contributed by atoms with Gasteiger partial charge in [0.1, 0.15) is 0 Å². The fourth-order valence-electron chi connectivity index (χ4n) is 1.77. The van der Waals surface area contributed by atoms with E-state index in [-0.39, 0.29) is 5.25 Å². The molecular weight excluding hydrogens is 240 g/mol. The van der Waals surface area contributed by atoms with Crippen LogP contribution in [0.15, 0.2) is 11.5 Å². The van der Waals surface area contributed by atoms with Crippen LogP contribution in [0, 0.1) is 0 Å². The Morgan fingerprint density at radius 3 is 2.50 bits per heavy atom. The summed E-state index contributed by atoms with van der Waals surface area (Å²) in [4.78, 5) is 0. The van der Waals surface area contributed by atoms with Crippen LogP contribution in [-0.4, -0.2) is 25.2 Å². The van der Waals surface area contributed by atoms with E-state index in [9.17, 15) is 8.42 Å². The van der Waals surface area contributed by atoms with Crippen LogP contribution in [0.2, 0.25) is 0 Å². The number of hydrogen-bond acceptors (Lipinski definition) is 3. The molecule has 0 aliphatic carbocycles. The van der Waals surface area contributed by atoms with Crippen molar-refractivity contribution in [2.75, 3.05) is 11.5 Å². The number of unbranched alkanes of at least 4 members (excludes halogenated alkanes) is 5. The van der Waals surface area contributed by atoms with Gasteiger partial charge >= 0.3 is 0 Å². The predicted molar refractivity (Wildman–Crippen MR) is 72.5 cm³/mol. The Morgan fingerprint density at radius 1 is 1.19 bits per heavy atom. The molecule has 0 fully saturated rings. The van der Waals surface area contributed by atoms with E-state index in [1.165, 1.54) is 43.9 Å². The van der Waals surface area contributed by atoms with Crippen molar-refractivity contribution >= 4 is 21.6 Å². The fourth-order valence-corrected chi connectivity index (χ4v) is 4.79. The third kappa shape index (κ3) is 5.94. The summed E-state index contributed by atoms with van der Waals surface area (Å²) < 4.78 is 22.3. The van der Waals surface area contributed by atoms with Crippen LogP contribution in [-0.2, 0) is 9.84 Å². The minimum atomic E-state index is -2.85.